The Kier molecular flexibility index (Phi) is 3.29. The van der Waals surface area contributed by atoms with Crippen molar-refractivity contribution in [3.05, 3.63) is 21.3 Å². The molecule has 82 valence electrons. The average molecular weight is 246 g/mol. The summed E-state index contributed by atoms with van der Waals surface area (Å²) in [5.74, 6) is -0.722. The number of thiophene rings is 1. The summed E-state index contributed by atoms with van der Waals surface area (Å²) in [7, 11) is 0. The molecule has 15 heavy (non-hydrogen) atoms. The monoisotopic (exact) mass is 245 g/mol. The number of likely N-dealkylation sites (tertiary alicyclic amines) is 1. The van der Waals surface area contributed by atoms with Gasteiger partial charge in [-0.25, -0.2) is 0 Å². The summed E-state index contributed by atoms with van der Waals surface area (Å²) in [5.41, 5.74) is 0. The van der Waals surface area contributed by atoms with E-state index in [1.165, 1.54) is 0 Å². The Labute approximate surface area is 97.3 Å². The summed E-state index contributed by atoms with van der Waals surface area (Å²) >= 11 is 7.57. The molecule has 1 fully saturated rings. The molecule has 1 aromatic rings. The number of carboxylic acids is 1. The van der Waals surface area contributed by atoms with Gasteiger partial charge in [-0.15, -0.1) is 11.3 Å². The molecule has 2 rings (SSSR count). The first-order chi connectivity index (χ1) is 7.18. The van der Waals surface area contributed by atoms with E-state index in [9.17, 15) is 4.79 Å². The highest BCUT2D eigenvalue weighted by Gasteiger charge is 2.30. The molecule has 0 amide bonds. The predicted molar refractivity (Wildman–Crippen MR) is 60.4 cm³/mol. The highest BCUT2D eigenvalue weighted by atomic mass is 35.5. The molecule has 1 aliphatic rings. The van der Waals surface area contributed by atoms with Crippen molar-refractivity contribution in [2.24, 2.45) is 0 Å². The predicted octanol–water partition coefficient (Wildman–Crippen LogP) is 2.45. The first-order valence-electron chi connectivity index (χ1n) is 4.87. The largest absolute Gasteiger partial charge is 0.480 e. The Bertz CT molecular complexity index is 366. The van der Waals surface area contributed by atoms with Gasteiger partial charge in [0.05, 0.1) is 5.02 Å². The molecule has 0 aliphatic carbocycles. The molecule has 0 unspecified atom stereocenters. The zero-order valence-electron chi connectivity index (χ0n) is 8.15. The fourth-order valence-electron chi connectivity index (χ4n) is 1.92. The van der Waals surface area contributed by atoms with Crippen LogP contribution in [0.3, 0.4) is 0 Å². The fraction of sp³-hybridized carbons (Fsp3) is 0.500. The van der Waals surface area contributed by atoms with Crippen molar-refractivity contribution >= 4 is 28.9 Å². The van der Waals surface area contributed by atoms with Gasteiger partial charge in [-0.05, 0) is 30.8 Å². The Morgan fingerprint density at radius 1 is 1.73 bits per heavy atom. The quantitative estimate of drug-likeness (QED) is 0.889. The van der Waals surface area contributed by atoms with Gasteiger partial charge in [0.1, 0.15) is 6.04 Å². The molecule has 1 aromatic heterocycles. The molecule has 5 heteroatoms. The van der Waals surface area contributed by atoms with Crippen LogP contribution in [0.25, 0.3) is 0 Å². The minimum atomic E-state index is -0.722. The smallest absolute Gasteiger partial charge is 0.320 e. The van der Waals surface area contributed by atoms with Crippen LogP contribution in [0.15, 0.2) is 11.4 Å². The molecule has 2 heterocycles. The summed E-state index contributed by atoms with van der Waals surface area (Å²) in [6.45, 7) is 1.51. The standard InChI is InChI=1S/C10H12ClNO2S/c11-7-3-5-15-9(7)6-12-4-1-2-8(12)10(13)14/h3,5,8H,1-2,4,6H2,(H,13,14)/t8-/m1/s1. The van der Waals surface area contributed by atoms with Crippen molar-refractivity contribution < 1.29 is 9.90 Å². The van der Waals surface area contributed by atoms with Crippen LogP contribution >= 0.6 is 22.9 Å². The number of rotatable bonds is 3. The lowest BCUT2D eigenvalue weighted by Crippen LogP contribution is -2.35. The molecule has 1 aliphatic heterocycles. The fourth-order valence-corrected chi connectivity index (χ4v) is 3.04. The number of nitrogens with zero attached hydrogens (tertiary/aromatic N) is 1. The summed E-state index contributed by atoms with van der Waals surface area (Å²) in [6, 6.07) is 1.52. The maximum atomic E-state index is 11.0. The van der Waals surface area contributed by atoms with Crippen molar-refractivity contribution in [1.29, 1.82) is 0 Å². The molecular formula is C10H12ClNO2S. The van der Waals surface area contributed by atoms with Crippen molar-refractivity contribution in [1.82, 2.24) is 4.90 Å². The summed E-state index contributed by atoms with van der Waals surface area (Å²) < 4.78 is 0. The Balaban J connectivity index is 2.06. The Morgan fingerprint density at radius 3 is 3.13 bits per heavy atom. The van der Waals surface area contributed by atoms with E-state index in [2.05, 4.69) is 0 Å². The van der Waals surface area contributed by atoms with E-state index in [4.69, 9.17) is 16.7 Å². The average Bonchev–Trinajstić information content (AvgIpc) is 2.77. The second-order valence-corrected chi connectivity index (χ2v) is 5.07. The van der Waals surface area contributed by atoms with E-state index in [1.807, 2.05) is 16.3 Å². The SMILES string of the molecule is O=C(O)[C@H]1CCCN1Cc1sccc1Cl. The van der Waals surface area contributed by atoms with Crippen LogP contribution in [0.2, 0.25) is 5.02 Å². The van der Waals surface area contributed by atoms with Crippen molar-refractivity contribution in [3.63, 3.8) is 0 Å². The zero-order valence-corrected chi connectivity index (χ0v) is 9.72. The van der Waals surface area contributed by atoms with Crippen LogP contribution in [0.4, 0.5) is 0 Å². The van der Waals surface area contributed by atoms with Crippen LogP contribution in [0.1, 0.15) is 17.7 Å². The molecule has 1 saturated heterocycles. The third-order valence-corrected chi connectivity index (χ3v) is 4.06. The topological polar surface area (TPSA) is 40.5 Å². The maximum absolute atomic E-state index is 11.0. The van der Waals surface area contributed by atoms with Crippen LogP contribution in [0.5, 0.6) is 0 Å². The molecule has 1 N–H and O–H groups in total. The van der Waals surface area contributed by atoms with Gasteiger partial charge in [-0.1, -0.05) is 11.6 Å². The highest BCUT2D eigenvalue weighted by Crippen LogP contribution is 2.27. The van der Waals surface area contributed by atoms with Crippen LogP contribution < -0.4 is 0 Å². The minimum Gasteiger partial charge on any atom is -0.480 e. The molecule has 0 radical (unpaired) electrons. The second kappa shape index (κ2) is 4.51. The molecule has 0 saturated carbocycles. The minimum absolute atomic E-state index is 0.330. The van der Waals surface area contributed by atoms with Crippen molar-refractivity contribution in [2.75, 3.05) is 6.54 Å². The van der Waals surface area contributed by atoms with Crippen LogP contribution in [0, 0.1) is 0 Å². The molecule has 0 aromatic carbocycles. The van der Waals surface area contributed by atoms with E-state index in [0.29, 0.717) is 6.54 Å². The van der Waals surface area contributed by atoms with Gasteiger partial charge in [0.2, 0.25) is 0 Å². The first kappa shape index (κ1) is 10.9. The van der Waals surface area contributed by atoms with Crippen molar-refractivity contribution in [3.8, 4) is 0 Å². The molecule has 0 spiro atoms. The van der Waals surface area contributed by atoms with E-state index in [1.54, 1.807) is 11.3 Å². The van der Waals surface area contributed by atoms with Gasteiger partial charge in [0.25, 0.3) is 0 Å². The van der Waals surface area contributed by atoms with Gasteiger partial charge in [0, 0.05) is 11.4 Å². The van der Waals surface area contributed by atoms with Gasteiger partial charge in [-0.2, -0.15) is 0 Å². The lowest BCUT2D eigenvalue weighted by atomic mass is 10.2. The van der Waals surface area contributed by atoms with Crippen LogP contribution in [-0.2, 0) is 11.3 Å². The zero-order chi connectivity index (χ0) is 10.8. The number of hydrogen-bond acceptors (Lipinski definition) is 3. The molecule has 1 atom stereocenters. The first-order valence-corrected chi connectivity index (χ1v) is 6.13. The van der Waals surface area contributed by atoms with Gasteiger partial charge in [-0.3, -0.25) is 9.69 Å². The van der Waals surface area contributed by atoms with Gasteiger partial charge in [0.15, 0.2) is 0 Å². The van der Waals surface area contributed by atoms with E-state index < -0.39 is 5.97 Å². The molecule has 3 nitrogen and oxygen atoms in total. The van der Waals surface area contributed by atoms with Crippen molar-refractivity contribution in [2.45, 2.75) is 25.4 Å². The summed E-state index contributed by atoms with van der Waals surface area (Å²) in [5, 5.41) is 11.7. The van der Waals surface area contributed by atoms with E-state index >= 15 is 0 Å². The lowest BCUT2D eigenvalue weighted by molar-refractivity contribution is -0.142. The number of carboxylic acid groups (broad SMARTS) is 1. The number of carbonyl (C=O) groups is 1. The number of aliphatic carboxylic acids is 1. The Morgan fingerprint density at radius 2 is 2.53 bits per heavy atom. The highest BCUT2D eigenvalue weighted by molar-refractivity contribution is 7.10. The van der Waals surface area contributed by atoms with Gasteiger partial charge < -0.3 is 5.11 Å². The normalized spacial score (nSPS) is 22.1. The molecular weight excluding hydrogens is 234 g/mol. The second-order valence-electron chi connectivity index (χ2n) is 3.66. The number of hydrogen-bond donors (Lipinski definition) is 1. The lowest BCUT2D eigenvalue weighted by Gasteiger charge is -2.20. The maximum Gasteiger partial charge on any atom is 0.320 e. The number of halogens is 1. The third-order valence-electron chi connectivity index (χ3n) is 2.69. The van der Waals surface area contributed by atoms with E-state index in [-0.39, 0.29) is 6.04 Å². The summed E-state index contributed by atoms with van der Waals surface area (Å²) in [4.78, 5) is 14.0. The summed E-state index contributed by atoms with van der Waals surface area (Å²) in [6.07, 6.45) is 1.71. The third kappa shape index (κ3) is 2.33. The van der Waals surface area contributed by atoms with Gasteiger partial charge >= 0.3 is 5.97 Å². The molecule has 0 bridgehead atoms. The van der Waals surface area contributed by atoms with Crippen LogP contribution in [-0.4, -0.2) is 28.6 Å². The Hall–Kier alpha value is -0.580. The van der Waals surface area contributed by atoms with E-state index in [0.717, 1.165) is 29.3 Å².